The van der Waals surface area contributed by atoms with Crippen molar-refractivity contribution >= 4 is 11.9 Å². The molecule has 1 rings (SSSR count). The maximum atomic E-state index is 12.4. The van der Waals surface area contributed by atoms with Gasteiger partial charge in [0.2, 0.25) is 5.91 Å². The summed E-state index contributed by atoms with van der Waals surface area (Å²) in [5.41, 5.74) is 7.03. The van der Waals surface area contributed by atoms with Gasteiger partial charge in [-0.2, -0.15) is 0 Å². The topological polar surface area (TPSA) is 83.6 Å². The Kier molecular flexibility index (Phi) is 6.88. The summed E-state index contributed by atoms with van der Waals surface area (Å²) in [4.78, 5) is 24.6. The molecule has 1 aromatic carbocycles. The Morgan fingerprint density at radius 2 is 1.86 bits per heavy atom. The van der Waals surface area contributed by atoms with E-state index in [-0.39, 0.29) is 18.4 Å². The monoisotopic (exact) mass is 292 g/mol. The van der Waals surface area contributed by atoms with Gasteiger partial charge in [0, 0.05) is 19.0 Å². The molecule has 116 valence electrons. The van der Waals surface area contributed by atoms with Crippen molar-refractivity contribution in [2.75, 3.05) is 6.54 Å². The number of carbonyl (C=O) groups is 2. The molecule has 1 amide bonds. The predicted octanol–water partition coefficient (Wildman–Crippen LogP) is 1.66. The van der Waals surface area contributed by atoms with Gasteiger partial charge < -0.3 is 15.7 Å². The highest BCUT2D eigenvalue weighted by Crippen LogP contribution is 2.08. The molecule has 1 unspecified atom stereocenters. The Hall–Kier alpha value is -1.88. The molecule has 0 aliphatic carbocycles. The SMILES string of the molecule is CC(C)N(CCCC(=O)O)C(=O)C(N)Cc1ccccc1. The fourth-order valence-electron chi connectivity index (χ4n) is 2.19. The van der Waals surface area contributed by atoms with Crippen molar-refractivity contribution < 1.29 is 14.7 Å². The lowest BCUT2D eigenvalue weighted by molar-refractivity contribution is -0.139. The normalized spacial score (nSPS) is 12.2. The number of aliphatic carboxylic acids is 1. The molecule has 0 bridgehead atoms. The fraction of sp³-hybridized carbons (Fsp3) is 0.500. The minimum Gasteiger partial charge on any atom is -0.481 e. The number of carboxylic acid groups (broad SMARTS) is 1. The van der Waals surface area contributed by atoms with E-state index in [1.807, 2.05) is 44.2 Å². The highest BCUT2D eigenvalue weighted by molar-refractivity contribution is 5.82. The zero-order valence-corrected chi connectivity index (χ0v) is 12.7. The summed E-state index contributed by atoms with van der Waals surface area (Å²) in [6.07, 6.45) is 0.990. The van der Waals surface area contributed by atoms with Gasteiger partial charge in [0.1, 0.15) is 0 Å². The van der Waals surface area contributed by atoms with Gasteiger partial charge in [-0.05, 0) is 32.3 Å². The first kappa shape index (κ1) is 17.2. The molecule has 0 heterocycles. The van der Waals surface area contributed by atoms with Crippen LogP contribution < -0.4 is 5.73 Å². The second kappa shape index (κ2) is 8.42. The molecule has 5 heteroatoms. The van der Waals surface area contributed by atoms with E-state index in [1.54, 1.807) is 4.90 Å². The van der Waals surface area contributed by atoms with E-state index in [2.05, 4.69) is 0 Å². The van der Waals surface area contributed by atoms with Crippen molar-refractivity contribution in [2.24, 2.45) is 5.73 Å². The molecule has 21 heavy (non-hydrogen) atoms. The highest BCUT2D eigenvalue weighted by Gasteiger charge is 2.23. The van der Waals surface area contributed by atoms with Crippen molar-refractivity contribution in [3.63, 3.8) is 0 Å². The van der Waals surface area contributed by atoms with Crippen molar-refractivity contribution in [3.8, 4) is 0 Å². The average Bonchev–Trinajstić information content (AvgIpc) is 2.43. The van der Waals surface area contributed by atoms with Crippen LogP contribution >= 0.6 is 0 Å². The number of rotatable bonds is 8. The van der Waals surface area contributed by atoms with Crippen LogP contribution in [0.3, 0.4) is 0 Å². The molecular formula is C16H24N2O3. The number of nitrogens with two attached hydrogens (primary N) is 1. The number of nitrogens with zero attached hydrogens (tertiary/aromatic N) is 1. The predicted molar refractivity (Wildman–Crippen MR) is 81.8 cm³/mol. The summed E-state index contributed by atoms with van der Waals surface area (Å²) in [5, 5.41) is 8.68. The number of hydrogen-bond acceptors (Lipinski definition) is 3. The molecule has 0 aromatic heterocycles. The number of amides is 1. The van der Waals surface area contributed by atoms with Gasteiger partial charge in [-0.3, -0.25) is 9.59 Å². The standard InChI is InChI=1S/C16H24N2O3/c1-12(2)18(10-6-9-15(19)20)16(21)14(17)11-13-7-4-3-5-8-13/h3-5,7-8,12,14H,6,9-11,17H2,1-2H3,(H,19,20). The van der Waals surface area contributed by atoms with Crippen molar-refractivity contribution in [1.29, 1.82) is 0 Å². The van der Waals surface area contributed by atoms with Crippen LogP contribution in [0.1, 0.15) is 32.3 Å². The molecule has 1 atom stereocenters. The summed E-state index contributed by atoms with van der Waals surface area (Å²) in [5.74, 6) is -0.973. The van der Waals surface area contributed by atoms with Gasteiger partial charge >= 0.3 is 5.97 Å². The Bertz CT molecular complexity index is 460. The molecule has 0 radical (unpaired) electrons. The lowest BCUT2D eigenvalue weighted by Gasteiger charge is -2.29. The number of carbonyl (C=O) groups excluding carboxylic acids is 1. The van der Waals surface area contributed by atoms with Crippen LogP contribution in [-0.2, 0) is 16.0 Å². The molecule has 1 aromatic rings. The van der Waals surface area contributed by atoms with E-state index in [0.717, 1.165) is 5.56 Å². The van der Waals surface area contributed by atoms with Crippen molar-refractivity contribution in [3.05, 3.63) is 35.9 Å². The number of hydrogen-bond donors (Lipinski definition) is 2. The summed E-state index contributed by atoms with van der Waals surface area (Å²) in [7, 11) is 0. The number of benzene rings is 1. The Morgan fingerprint density at radius 3 is 2.38 bits per heavy atom. The Labute approximate surface area is 125 Å². The lowest BCUT2D eigenvalue weighted by Crippen LogP contribution is -2.48. The van der Waals surface area contributed by atoms with E-state index in [0.29, 0.717) is 19.4 Å². The van der Waals surface area contributed by atoms with E-state index in [4.69, 9.17) is 10.8 Å². The minimum absolute atomic E-state index is 0.00752. The first-order chi connectivity index (χ1) is 9.91. The first-order valence-corrected chi connectivity index (χ1v) is 7.23. The first-order valence-electron chi connectivity index (χ1n) is 7.23. The molecule has 0 fully saturated rings. The van der Waals surface area contributed by atoms with Crippen LogP contribution in [0.15, 0.2) is 30.3 Å². The summed E-state index contributed by atoms with van der Waals surface area (Å²) >= 11 is 0. The maximum Gasteiger partial charge on any atom is 0.303 e. The fourth-order valence-corrected chi connectivity index (χ4v) is 2.19. The smallest absolute Gasteiger partial charge is 0.303 e. The Morgan fingerprint density at radius 1 is 1.24 bits per heavy atom. The van der Waals surface area contributed by atoms with E-state index < -0.39 is 12.0 Å². The number of carboxylic acids is 1. The third kappa shape index (κ3) is 5.95. The van der Waals surface area contributed by atoms with E-state index >= 15 is 0 Å². The zero-order chi connectivity index (χ0) is 15.8. The zero-order valence-electron chi connectivity index (χ0n) is 12.7. The molecule has 0 spiro atoms. The van der Waals surface area contributed by atoms with Crippen LogP contribution in [-0.4, -0.2) is 40.5 Å². The van der Waals surface area contributed by atoms with Crippen LogP contribution in [0.25, 0.3) is 0 Å². The van der Waals surface area contributed by atoms with Gasteiger partial charge in [0.05, 0.1) is 6.04 Å². The summed E-state index contributed by atoms with van der Waals surface area (Å²) < 4.78 is 0. The summed E-state index contributed by atoms with van der Waals surface area (Å²) in [6.45, 7) is 4.24. The van der Waals surface area contributed by atoms with E-state index in [1.165, 1.54) is 0 Å². The second-order valence-electron chi connectivity index (χ2n) is 5.42. The van der Waals surface area contributed by atoms with Gasteiger partial charge in [0.25, 0.3) is 0 Å². The molecule has 5 nitrogen and oxygen atoms in total. The Balaban J connectivity index is 2.60. The highest BCUT2D eigenvalue weighted by atomic mass is 16.4. The maximum absolute atomic E-state index is 12.4. The van der Waals surface area contributed by atoms with Crippen LogP contribution in [0.4, 0.5) is 0 Å². The quantitative estimate of drug-likeness (QED) is 0.763. The van der Waals surface area contributed by atoms with E-state index in [9.17, 15) is 9.59 Å². The van der Waals surface area contributed by atoms with Gasteiger partial charge in [-0.15, -0.1) is 0 Å². The molecule has 0 aliphatic rings. The van der Waals surface area contributed by atoms with Crippen LogP contribution in [0.5, 0.6) is 0 Å². The van der Waals surface area contributed by atoms with Crippen LogP contribution in [0.2, 0.25) is 0 Å². The molecule has 3 N–H and O–H groups in total. The van der Waals surface area contributed by atoms with Crippen molar-refractivity contribution in [1.82, 2.24) is 4.90 Å². The lowest BCUT2D eigenvalue weighted by atomic mass is 10.0. The molecule has 0 saturated carbocycles. The molecule has 0 aliphatic heterocycles. The van der Waals surface area contributed by atoms with Gasteiger partial charge in [-0.1, -0.05) is 30.3 Å². The molecular weight excluding hydrogens is 268 g/mol. The van der Waals surface area contributed by atoms with Crippen LogP contribution in [0, 0.1) is 0 Å². The minimum atomic E-state index is -0.847. The van der Waals surface area contributed by atoms with Gasteiger partial charge in [0.15, 0.2) is 0 Å². The molecule has 0 saturated heterocycles. The average molecular weight is 292 g/mol. The largest absolute Gasteiger partial charge is 0.481 e. The van der Waals surface area contributed by atoms with Crippen molar-refractivity contribution in [2.45, 2.75) is 45.2 Å². The van der Waals surface area contributed by atoms with Gasteiger partial charge in [-0.25, -0.2) is 0 Å². The summed E-state index contributed by atoms with van der Waals surface area (Å²) in [6, 6.07) is 9.05. The third-order valence-corrected chi connectivity index (χ3v) is 3.31. The second-order valence-corrected chi connectivity index (χ2v) is 5.42. The third-order valence-electron chi connectivity index (χ3n) is 3.31.